The van der Waals surface area contributed by atoms with E-state index in [0.717, 1.165) is 24.3 Å². The van der Waals surface area contributed by atoms with E-state index in [1.54, 1.807) is 12.1 Å². The number of carbonyl (C=O) groups is 1. The van der Waals surface area contributed by atoms with Crippen LogP contribution in [0, 0.1) is 11.7 Å². The third kappa shape index (κ3) is 4.38. The van der Waals surface area contributed by atoms with Crippen LogP contribution in [0.4, 0.5) is 10.1 Å². The lowest BCUT2D eigenvalue weighted by Gasteiger charge is -2.37. The van der Waals surface area contributed by atoms with Crippen LogP contribution in [0.5, 0.6) is 5.75 Å². The largest absolute Gasteiger partial charge is 0.492 e. The maximum atomic E-state index is 13.2. The van der Waals surface area contributed by atoms with Crippen LogP contribution in [0.25, 0.3) is 0 Å². The third-order valence-electron chi connectivity index (χ3n) is 5.70. The predicted octanol–water partition coefficient (Wildman–Crippen LogP) is 2.99. The van der Waals surface area contributed by atoms with Crippen molar-refractivity contribution in [3.8, 4) is 5.75 Å². The highest BCUT2D eigenvalue weighted by Crippen LogP contribution is 2.33. The molecule has 2 aliphatic rings. The molecular weight excluding hydrogens is 407 g/mol. The second kappa shape index (κ2) is 9.20. The SMILES string of the molecule is CCOc1ccc(C2NNCC2C(=O)N2CCN(c3ccc(F)cc3)CC2)cc1Cl. The van der Waals surface area contributed by atoms with Gasteiger partial charge in [-0.15, -0.1) is 0 Å². The normalized spacial score (nSPS) is 21.7. The van der Waals surface area contributed by atoms with Crippen molar-refractivity contribution in [1.29, 1.82) is 0 Å². The van der Waals surface area contributed by atoms with Crippen molar-refractivity contribution in [2.45, 2.75) is 13.0 Å². The van der Waals surface area contributed by atoms with E-state index in [0.29, 0.717) is 37.0 Å². The van der Waals surface area contributed by atoms with Gasteiger partial charge in [-0.1, -0.05) is 17.7 Å². The second-order valence-corrected chi connectivity index (χ2v) is 7.93. The fourth-order valence-electron chi connectivity index (χ4n) is 4.10. The number of ether oxygens (including phenoxy) is 1. The third-order valence-corrected chi connectivity index (χ3v) is 5.99. The number of anilines is 1. The summed E-state index contributed by atoms with van der Waals surface area (Å²) in [6.45, 7) is 5.76. The number of amides is 1. The summed E-state index contributed by atoms with van der Waals surface area (Å²) in [5, 5.41) is 0.544. The van der Waals surface area contributed by atoms with Gasteiger partial charge in [0.1, 0.15) is 11.6 Å². The van der Waals surface area contributed by atoms with Crippen LogP contribution in [-0.4, -0.2) is 50.1 Å². The molecule has 2 aromatic carbocycles. The van der Waals surface area contributed by atoms with Crippen LogP contribution in [0.1, 0.15) is 18.5 Å². The van der Waals surface area contributed by atoms with E-state index >= 15 is 0 Å². The monoisotopic (exact) mass is 432 g/mol. The minimum absolute atomic E-state index is 0.126. The first kappa shape index (κ1) is 20.9. The first-order valence-electron chi connectivity index (χ1n) is 10.3. The Labute approximate surface area is 180 Å². The van der Waals surface area contributed by atoms with Crippen molar-refractivity contribution in [3.05, 3.63) is 58.9 Å². The molecule has 2 aliphatic heterocycles. The highest BCUT2D eigenvalue weighted by atomic mass is 35.5. The Bertz CT molecular complexity index is 887. The number of hydrazine groups is 1. The number of nitrogens with zero attached hydrogens (tertiary/aromatic N) is 2. The zero-order valence-corrected chi connectivity index (χ0v) is 17.7. The molecule has 2 heterocycles. The molecule has 2 saturated heterocycles. The van der Waals surface area contributed by atoms with E-state index in [9.17, 15) is 9.18 Å². The molecule has 0 aliphatic carbocycles. The Morgan fingerprint density at radius 1 is 1.17 bits per heavy atom. The zero-order chi connectivity index (χ0) is 21.1. The summed E-state index contributed by atoms with van der Waals surface area (Å²) in [6.07, 6.45) is 0. The number of rotatable bonds is 5. The molecule has 0 saturated carbocycles. The van der Waals surface area contributed by atoms with E-state index in [1.165, 1.54) is 12.1 Å². The Hall–Kier alpha value is -2.35. The number of nitrogens with one attached hydrogen (secondary N) is 2. The summed E-state index contributed by atoms with van der Waals surface area (Å²) in [4.78, 5) is 17.3. The fraction of sp³-hybridized carbons (Fsp3) is 0.409. The number of halogens is 2. The summed E-state index contributed by atoms with van der Waals surface area (Å²) in [5.74, 6) is 0.320. The molecule has 0 aromatic heterocycles. The Kier molecular flexibility index (Phi) is 6.41. The minimum Gasteiger partial charge on any atom is -0.492 e. The van der Waals surface area contributed by atoms with E-state index in [1.807, 2.05) is 30.0 Å². The summed E-state index contributed by atoms with van der Waals surface area (Å²) < 4.78 is 18.7. The summed E-state index contributed by atoms with van der Waals surface area (Å²) in [6, 6.07) is 12.0. The lowest BCUT2D eigenvalue weighted by molar-refractivity contribution is -0.135. The van der Waals surface area contributed by atoms with Crippen LogP contribution in [0.2, 0.25) is 5.02 Å². The fourth-order valence-corrected chi connectivity index (χ4v) is 4.34. The van der Waals surface area contributed by atoms with Crippen molar-refractivity contribution in [3.63, 3.8) is 0 Å². The lowest BCUT2D eigenvalue weighted by atomic mass is 9.93. The van der Waals surface area contributed by atoms with Crippen molar-refractivity contribution in [1.82, 2.24) is 15.8 Å². The van der Waals surface area contributed by atoms with E-state index in [4.69, 9.17) is 16.3 Å². The smallest absolute Gasteiger partial charge is 0.229 e. The molecule has 2 atom stereocenters. The van der Waals surface area contributed by atoms with E-state index in [-0.39, 0.29) is 23.7 Å². The highest BCUT2D eigenvalue weighted by Gasteiger charge is 2.37. The molecule has 6 nitrogen and oxygen atoms in total. The molecule has 30 heavy (non-hydrogen) atoms. The van der Waals surface area contributed by atoms with Crippen molar-refractivity contribution in [2.75, 3.05) is 44.2 Å². The second-order valence-electron chi connectivity index (χ2n) is 7.52. The topological polar surface area (TPSA) is 56.8 Å². The number of benzene rings is 2. The van der Waals surface area contributed by atoms with Gasteiger partial charge in [-0.25, -0.2) is 9.82 Å². The number of hydrogen-bond acceptors (Lipinski definition) is 5. The minimum atomic E-state index is -0.241. The Balaban J connectivity index is 1.40. The van der Waals surface area contributed by atoms with Gasteiger partial charge in [0.25, 0.3) is 0 Å². The van der Waals surface area contributed by atoms with E-state index < -0.39 is 0 Å². The molecule has 0 radical (unpaired) electrons. The molecule has 2 unspecified atom stereocenters. The van der Waals surface area contributed by atoms with Crippen LogP contribution >= 0.6 is 11.6 Å². The van der Waals surface area contributed by atoms with Crippen molar-refractivity contribution < 1.29 is 13.9 Å². The van der Waals surface area contributed by atoms with Crippen molar-refractivity contribution >= 4 is 23.2 Å². The van der Waals surface area contributed by atoms with Crippen LogP contribution in [0.3, 0.4) is 0 Å². The summed E-state index contributed by atoms with van der Waals surface area (Å²) >= 11 is 6.35. The van der Waals surface area contributed by atoms with Gasteiger partial charge >= 0.3 is 0 Å². The molecule has 1 amide bonds. The van der Waals surface area contributed by atoms with Crippen LogP contribution in [-0.2, 0) is 4.79 Å². The average molecular weight is 433 g/mol. The zero-order valence-electron chi connectivity index (χ0n) is 16.9. The molecule has 4 rings (SSSR count). The van der Waals surface area contributed by atoms with Gasteiger partial charge in [-0.2, -0.15) is 0 Å². The quantitative estimate of drug-likeness (QED) is 0.760. The van der Waals surface area contributed by atoms with Gasteiger partial charge in [0.2, 0.25) is 5.91 Å². The maximum Gasteiger partial charge on any atom is 0.229 e. The first-order valence-corrected chi connectivity index (χ1v) is 10.6. The van der Waals surface area contributed by atoms with Crippen LogP contribution < -0.4 is 20.5 Å². The standard InChI is InChI=1S/C22H26ClFN4O2/c1-2-30-20-8-3-15(13-19(20)23)21-18(14-25-26-21)22(29)28-11-9-27(10-12-28)17-6-4-16(24)5-7-17/h3-8,13,18,21,25-26H,2,9-12,14H2,1H3. The molecule has 160 valence electrons. The highest BCUT2D eigenvalue weighted by molar-refractivity contribution is 6.32. The number of hydrogen-bond donors (Lipinski definition) is 2. The lowest BCUT2D eigenvalue weighted by Crippen LogP contribution is -2.51. The number of carbonyl (C=O) groups excluding carboxylic acids is 1. The predicted molar refractivity (Wildman–Crippen MR) is 115 cm³/mol. The molecule has 0 bridgehead atoms. The molecular formula is C22H26ClFN4O2. The van der Waals surface area contributed by atoms with E-state index in [2.05, 4.69) is 15.8 Å². The maximum absolute atomic E-state index is 13.2. The van der Waals surface area contributed by atoms with Gasteiger partial charge in [0, 0.05) is 38.4 Å². The van der Waals surface area contributed by atoms with Crippen LogP contribution in [0.15, 0.2) is 42.5 Å². The Morgan fingerprint density at radius 2 is 1.90 bits per heavy atom. The molecule has 8 heteroatoms. The van der Waals surface area contributed by atoms with Gasteiger partial charge in [0.15, 0.2) is 0 Å². The molecule has 2 fully saturated rings. The van der Waals surface area contributed by atoms with Gasteiger partial charge in [-0.05, 0) is 48.9 Å². The van der Waals surface area contributed by atoms with Gasteiger partial charge in [-0.3, -0.25) is 10.2 Å². The summed E-state index contributed by atoms with van der Waals surface area (Å²) in [7, 11) is 0. The van der Waals surface area contributed by atoms with Gasteiger partial charge < -0.3 is 14.5 Å². The number of piperazine rings is 1. The van der Waals surface area contributed by atoms with Crippen molar-refractivity contribution in [2.24, 2.45) is 5.92 Å². The molecule has 2 aromatic rings. The average Bonchev–Trinajstić information content (AvgIpc) is 3.25. The first-order chi connectivity index (χ1) is 14.6. The molecule has 0 spiro atoms. The summed E-state index contributed by atoms with van der Waals surface area (Å²) in [5.41, 5.74) is 8.28. The molecule has 2 N–H and O–H groups in total. The Morgan fingerprint density at radius 3 is 2.57 bits per heavy atom. The van der Waals surface area contributed by atoms with Gasteiger partial charge in [0.05, 0.1) is 23.6 Å².